The molecule has 1 aliphatic carbocycles. The summed E-state index contributed by atoms with van der Waals surface area (Å²) in [6.45, 7) is 1.47. The van der Waals surface area contributed by atoms with Gasteiger partial charge in [-0.3, -0.25) is 0 Å². The fraction of sp³-hybridized carbons (Fsp3) is 0.583. The van der Waals surface area contributed by atoms with Gasteiger partial charge in [0.2, 0.25) is 5.03 Å². The molecule has 7 heteroatoms. The van der Waals surface area contributed by atoms with Crippen LogP contribution in [0.15, 0.2) is 23.4 Å². The Morgan fingerprint density at radius 3 is 2.95 bits per heavy atom. The van der Waals surface area contributed by atoms with Gasteiger partial charge < -0.3 is 4.74 Å². The summed E-state index contributed by atoms with van der Waals surface area (Å²) >= 11 is 0. The van der Waals surface area contributed by atoms with Crippen LogP contribution in [0.4, 0.5) is 4.39 Å². The molecule has 1 aromatic heterocycles. The summed E-state index contributed by atoms with van der Waals surface area (Å²) in [5.41, 5.74) is 0. The lowest BCUT2D eigenvalue weighted by atomic mass is 10.4. The maximum Gasteiger partial charge on any atom is 0.261 e. The maximum atomic E-state index is 13.3. The van der Waals surface area contributed by atoms with Crippen molar-refractivity contribution in [1.29, 1.82) is 0 Å². The van der Waals surface area contributed by atoms with E-state index in [1.165, 1.54) is 25.1 Å². The Balaban J connectivity index is 1.73. The zero-order valence-electron chi connectivity index (χ0n) is 10.5. The minimum Gasteiger partial charge on any atom is -0.381 e. The summed E-state index contributed by atoms with van der Waals surface area (Å²) in [4.78, 5) is 3.54. The largest absolute Gasteiger partial charge is 0.381 e. The van der Waals surface area contributed by atoms with Crippen molar-refractivity contribution in [3.05, 3.63) is 24.1 Å². The number of hydrogen-bond acceptors (Lipinski definition) is 4. The van der Waals surface area contributed by atoms with Crippen LogP contribution in [0.3, 0.4) is 0 Å². The molecule has 0 aromatic carbocycles. The predicted molar refractivity (Wildman–Crippen MR) is 67.5 cm³/mol. The molecule has 19 heavy (non-hydrogen) atoms. The van der Waals surface area contributed by atoms with Gasteiger partial charge in [-0.25, -0.2) is 22.5 Å². The summed E-state index contributed by atoms with van der Waals surface area (Å²) in [6, 6.07) is 2.42. The second-order valence-corrected chi connectivity index (χ2v) is 6.24. The molecule has 0 aliphatic heterocycles. The number of pyridine rings is 1. The van der Waals surface area contributed by atoms with Crippen LogP contribution in [0.2, 0.25) is 0 Å². The van der Waals surface area contributed by atoms with Gasteiger partial charge in [0.1, 0.15) is 0 Å². The quantitative estimate of drug-likeness (QED) is 0.732. The lowest BCUT2D eigenvalue weighted by Gasteiger charge is -2.07. The number of hydrogen-bond donors (Lipinski definition) is 1. The number of halogens is 1. The summed E-state index contributed by atoms with van der Waals surface area (Å²) in [6.07, 6.45) is 4.26. The fourth-order valence-corrected chi connectivity index (χ4v) is 2.63. The predicted octanol–water partition coefficient (Wildman–Crippen LogP) is 1.32. The molecule has 1 saturated carbocycles. The van der Waals surface area contributed by atoms with Gasteiger partial charge in [0.25, 0.3) is 10.0 Å². The second kappa shape index (κ2) is 6.40. The molecular formula is C12H17FN2O3S. The molecule has 1 heterocycles. The first-order valence-corrected chi connectivity index (χ1v) is 7.76. The average molecular weight is 288 g/mol. The van der Waals surface area contributed by atoms with Gasteiger partial charge in [-0.2, -0.15) is 0 Å². The van der Waals surface area contributed by atoms with Crippen LogP contribution < -0.4 is 4.72 Å². The van der Waals surface area contributed by atoms with Crippen LogP contribution >= 0.6 is 0 Å². The van der Waals surface area contributed by atoms with Crippen LogP contribution in [0.5, 0.6) is 0 Å². The van der Waals surface area contributed by atoms with E-state index in [9.17, 15) is 12.8 Å². The lowest BCUT2D eigenvalue weighted by molar-refractivity contribution is 0.123. The van der Waals surface area contributed by atoms with E-state index in [0.29, 0.717) is 18.9 Å². The molecule has 1 fully saturated rings. The van der Waals surface area contributed by atoms with Crippen molar-refractivity contribution in [2.24, 2.45) is 5.92 Å². The van der Waals surface area contributed by atoms with Crippen molar-refractivity contribution in [3.63, 3.8) is 0 Å². The van der Waals surface area contributed by atoms with Crippen LogP contribution in [0.1, 0.15) is 19.3 Å². The summed E-state index contributed by atoms with van der Waals surface area (Å²) in [5.74, 6) is -0.153. The van der Waals surface area contributed by atoms with Crippen molar-refractivity contribution < 1.29 is 17.5 Å². The zero-order chi connectivity index (χ0) is 13.7. The Kier molecular flexibility index (Phi) is 4.84. The Labute approximate surface area is 112 Å². The van der Waals surface area contributed by atoms with Gasteiger partial charge in [0.05, 0.1) is 0 Å². The number of aromatic nitrogens is 1. The monoisotopic (exact) mass is 288 g/mol. The van der Waals surface area contributed by atoms with Crippen molar-refractivity contribution in [2.75, 3.05) is 19.8 Å². The first kappa shape index (κ1) is 14.4. The van der Waals surface area contributed by atoms with E-state index < -0.39 is 20.9 Å². The molecule has 0 radical (unpaired) electrons. The van der Waals surface area contributed by atoms with Gasteiger partial charge in [0, 0.05) is 26.0 Å². The summed E-state index contributed by atoms with van der Waals surface area (Å²) < 4.78 is 44.5. The van der Waals surface area contributed by atoms with Crippen molar-refractivity contribution in [1.82, 2.24) is 9.71 Å². The van der Waals surface area contributed by atoms with E-state index in [-0.39, 0.29) is 6.54 Å². The molecule has 1 aromatic rings. The van der Waals surface area contributed by atoms with Crippen LogP contribution in [-0.2, 0) is 14.8 Å². The van der Waals surface area contributed by atoms with Crippen LogP contribution in [0.25, 0.3) is 0 Å². The van der Waals surface area contributed by atoms with E-state index in [1.807, 2.05) is 0 Å². The zero-order valence-corrected chi connectivity index (χ0v) is 11.3. The van der Waals surface area contributed by atoms with Crippen molar-refractivity contribution in [3.8, 4) is 0 Å². The highest BCUT2D eigenvalue weighted by molar-refractivity contribution is 7.89. The molecule has 1 aliphatic rings. The van der Waals surface area contributed by atoms with Gasteiger partial charge in [-0.05, 0) is 37.3 Å². The SMILES string of the molecule is O=S(=O)(NCCCOCC1CC1)c1ncccc1F. The third-order valence-electron chi connectivity index (χ3n) is 2.79. The number of nitrogens with zero attached hydrogens (tertiary/aromatic N) is 1. The standard InChI is InChI=1S/C12H17FN2O3S/c13-11-3-1-6-14-12(11)19(16,17)15-7-2-8-18-9-10-4-5-10/h1,3,6,10,15H,2,4-5,7-9H2. The fourth-order valence-electron chi connectivity index (χ4n) is 1.55. The maximum absolute atomic E-state index is 13.3. The highest BCUT2D eigenvalue weighted by atomic mass is 32.2. The molecule has 0 unspecified atom stereocenters. The third kappa shape index (κ3) is 4.52. The van der Waals surface area contributed by atoms with Crippen LogP contribution in [0, 0.1) is 11.7 Å². The van der Waals surface area contributed by atoms with E-state index in [0.717, 1.165) is 12.7 Å². The Bertz CT molecular complexity index is 517. The van der Waals surface area contributed by atoms with E-state index in [1.54, 1.807) is 0 Å². The summed E-state index contributed by atoms with van der Waals surface area (Å²) in [7, 11) is -3.87. The highest BCUT2D eigenvalue weighted by Gasteiger charge is 2.21. The number of nitrogens with one attached hydrogen (secondary N) is 1. The minimum absolute atomic E-state index is 0.211. The van der Waals surface area contributed by atoms with E-state index >= 15 is 0 Å². The smallest absolute Gasteiger partial charge is 0.261 e. The second-order valence-electron chi connectivity index (χ2n) is 4.56. The third-order valence-corrected chi connectivity index (χ3v) is 4.18. The van der Waals surface area contributed by atoms with Crippen LogP contribution in [-0.4, -0.2) is 33.2 Å². The number of sulfonamides is 1. The Hall–Kier alpha value is -1.05. The topological polar surface area (TPSA) is 68.3 Å². The molecule has 0 spiro atoms. The molecule has 0 bridgehead atoms. The van der Waals surface area contributed by atoms with E-state index in [4.69, 9.17) is 4.74 Å². The van der Waals surface area contributed by atoms with Gasteiger partial charge in [0.15, 0.2) is 5.82 Å². The molecule has 0 amide bonds. The minimum atomic E-state index is -3.87. The molecule has 0 saturated heterocycles. The molecule has 106 valence electrons. The van der Waals surface area contributed by atoms with Crippen molar-refractivity contribution >= 4 is 10.0 Å². The summed E-state index contributed by atoms with van der Waals surface area (Å²) in [5, 5.41) is -0.561. The lowest BCUT2D eigenvalue weighted by Crippen LogP contribution is -2.27. The highest BCUT2D eigenvalue weighted by Crippen LogP contribution is 2.28. The average Bonchev–Trinajstić information content (AvgIpc) is 3.18. The van der Waals surface area contributed by atoms with Gasteiger partial charge in [-0.15, -0.1) is 0 Å². The van der Waals surface area contributed by atoms with Gasteiger partial charge in [-0.1, -0.05) is 0 Å². The number of ether oxygens (including phenoxy) is 1. The first-order valence-electron chi connectivity index (χ1n) is 6.27. The molecule has 0 atom stereocenters. The van der Waals surface area contributed by atoms with E-state index in [2.05, 4.69) is 9.71 Å². The molecule has 2 rings (SSSR count). The molecule has 5 nitrogen and oxygen atoms in total. The van der Waals surface area contributed by atoms with Gasteiger partial charge >= 0.3 is 0 Å². The Morgan fingerprint density at radius 2 is 2.26 bits per heavy atom. The van der Waals surface area contributed by atoms with Crippen molar-refractivity contribution in [2.45, 2.75) is 24.3 Å². The first-order chi connectivity index (χ1) is 9.09. The number of rotatable bonds is 8. The normalized spacial score (nSPS) is 15.6. The molecular weight excluding hydrogens is 271 g/mol. The Morgan fingerprint density at radius 1 is 1.47 bits per heavy atom. The molecule has 1 N–H and O–H groups in total.